The van der Waals surface area contributed by atoms with Gasteiger partial charge in [-0.25, -0.2) is 0 Å². The summed E-state index contributed by atoms with van der Waals surface area (Å²) in [6, 6.07) is 0. The molecule has 0 saturated heterocycles. The third kappa shape index (κ3) is 4.73. The van der Waals surface area contributed by atoms with Gasteiger partial charge in [0.05, 0.1) is 0 Å². The molecule has 9 heavy (non-hydrogen) atoms. The van der Waals surface area contributed by atoms with Crippen LogP contribution in [-0.4, -0.2) is 30.4 Å². The van der Waals surface area contributed by atoms with Gasteiger partial charge in [-0.05, 0) is 26.1 Å². The van der Waals surface area contributed by atoms with Gasteiger partial charge in [-0.2, -0.15) is 0 Å². The van der Waals surface area contributed by atoms with Gasteiger partial charge in [0.15, 0.2) is 0 Å². The van der Waals surface area contributed by atoms with Crippen molar-refractivity contribution < 1.29 is 0 Å². The zero-order valence-electron chi connectivity index (χ0n) is 6.36. The zero-order valence-corrected chi connectivity index (χ0v) is 7.12. The maximum Gasteiger partial charge on any atom is 0.0235 e. The van der Waals surface area contributed by atoms with E-state index >= 15 is 0 Å². The molecule has 0 spiro atoms. The smallest absolute Gasteiger partial charge is 0.0235 e. The predicted molar refractivity (Wildman–Crippen MR) is 43.1 cm³/mol. The fraction of sp³-hybridized carbons (Fsp3) is 1.00. The first kappa shape index (κ1) is 9.25. The fourth-order valence-electron chi connectivity index (χ4n) is 0.823. The van der Waals surface area contributed by atoms with Crippen LogP contribution in [0.1, 0.15) is 20.3 Å². The van der Waals surface area contributed by atoms with Crippen LogP contribution in [0.3, 0.4) is 0 Å². The zero-order chi connectivity index (χ0) is 7.11. The molecule has 0 aromatic heterocycles. The van der Waals surface area contributed by atoms with Crippen LogP contribution in [0, 0.1) is 0 Å². The lowest BCUT2D eigenvalue weighted by atomic mass is 10.4. The van der Waals surface area contributed by atoms with Crippen LogP contribution < -0.4 is 0 Å². The first-order valence-corrected chi connectivity index (χ1v) is 4.16. The van der Waals surface area contributed by atoms with E-state index in [-0.39, 0.29) is 0 Å². The molecule has 0 unspecified atom stereocenters. The molecule has 0 rings (SSSR count). The summed E-state index contributed by atoms with van der Waals surface area (Å²) in [5.41, 5.74) is 0. The van der Waals surface area contributed by atoms with E-state index in [1.165, 1.54) is 0 Å². The molecule has 0 aliphatic carbocycles. The number of halogens is 1. The van der Waals surface area contributed by atoms with E-state index in [1.807, 2.05) is 0 Å². The van der Waals surface area contributed by atoms with Crippen molar-refractivity contribution >= 4 is 11.6 Å². The van der Waals surface area contributed by atoms with Crippen LogP contribution in [0.15, 0.2) is 0 Å². The molecule has 0 aliphatic rings. The van der Waals surface area contributed by atoms with E-state index in [9.17, 15) is 0 Å². The lowest BCUT2D eigenvalue weighted by Gasteiger charge is -2.16. The van der Waals surface area contributed by atoms with Gasteiger partial charge < -0.3 is 4.90 Å². The molecule has 1 nitrogen and oxygen atoms in total. The van der Waals surface area contributed by atoms with E-state index in [2.05, 4.69) is 18.7 Å². The quantitative estimate of drug-likeness (QED) is 0.541. The van der Waals surface area contributed by atoms with Crippen molar-refractivity contribution in [3.63, 3.8) is 0 Å². The largest absolute Gasteiger partial charge is 0.304 e. The minimum atomic E-state index is 0.788. The summed E-state index contributed by atoms with van der Waals surface area (Å²) in [5, 5.41) is 0. The Morgan fingerprint density at radius 2 is 1.78 bits per heavy atom. The van der Waals surface area contributed by atoms with E-state index < -0.39 is 0 Å². The fourth-order valence-corrected chi connectivity index (χ4v) is 0.943. The highest BCUT2D eigenvalue weighted by Crippen LogP contribution is 1.91. The van der Waals surface area contributed by atoms with Crippen molar-refractivity contribution in [1.29, 1.82) is 0 Å². The van der Waals surface area contributed by atoms with Gasteiger partial charge in [-0.15, -0.1) is 11.6 Å². The van der Waals surface area contributed by atoms with Crippen LogP contribution in [0.25, 0.3) is 0 Å². The Kier molecular flexibility index (Phi) is 6.55. The molecular weight excluding hydrogens is 134 g/mol. The molecule has 0 amide bonds. The Hall–Kier alpha value is 0.250. The number of hydrogen-bond acceptors (Lipinski definition) is 1. The Morgan fingerprint density at radius 1 is 1.22 bits per heavy atom. The van der Waals surface area contributed by atoms with Crippen LogP contribution >= 0.6 is 11.6 Å². The van der Waals surface area contributed by atoms with Crippen molar-refractivity contribution in [2.75, 3.05) is 25.5 Å². The van der Waals surface area contributed by atoms with Gasteiger partial charge in [0.25, 0.3) is 0 Å². The van der Waals surface area contributed by atoms with Crippen LogP contribution in [0.5, 0.6) is 0 Å². The summed E-state index contributed by atoms with van der Waals surface area (Å²) in [6.07, 6.45) is 1.11. The lowest BCUT2D eigenvalue weighted by molar-refractivity contribution is 0.305. The van der Waals surface area contributed by atoms with E-state index in [4.69, 9.17) is 11.6 Å². The van der Waals surface area contributed by atoms with Gasteiger partial charge in [-0.3, -0.25) is 0 Å². The topological polar surface area (TPSA) is 3.24 Å². The summed E-state index contributed by atoms with van der Waals surface area (Å²) in [5.74, 6) is 0.788. The monoisotopic (exact) mass is 149 g/mol. The summed E-state index contributed by atoms with van der Waals surface area (Å²) in [4.78, 5) is 2.38. The molecule has 56 valence electrons. The van der Waals surface area contributed by atoms with Crippen molar-refractivity contribution in [1.82, 2.24) is 4.90 Å². The third-order valence-corrected chi connectivity index (χ3v) is 1.77. The highest BCUT2D eigenvalue weighted by Gasteiger charge is 1.95. The van der Waals surface area contributed by atoms with Gasteiger partial charge in [0, 0.05) is 5.88 Å². The minimum absolute atomic E-state index is 0.788. The first-order valence-electron chi connectivity index (χ1n) is 3.63. The SMILES string of the molecule is CCN(CC)CCCCl. The van der Waals surface area contributed by atoms with Crippen molar-refractivity contribution in [3.8, 4) is 0 Å². The van der Waals surface area contributed by atoms with E-state index in [1.54, 1.807) is 0 Å². The molecule has 0 aliphatic heterocycles. The minimum Gasteiger partial charge on any atom is -0.304 e. The Labute approximate surface area is 63.0 Å². The Balaban J connectivity index is 3.09. The van der Waals surface area contributed by atoms with Gasteiger partial charge >= 0.3 is 0 Å². The number of hydrogen-bond donors (Lipinski definition) is 0. The van der Waals surface area contributed by atoms with Gasteiger partial charge in [0.1, 0.15) is 0 Å². The molecule has 0 fully saturated rings. The van der Waals surface area contributed by atoms with E-state index in [0.29, 0.717) is 0 Å². The molecule has 0 atom stereocenters. The second-order valence-electron chi connectivity index (χ2n) is 2.07. The molecule has 2 heteroatoms. The van der Waals surface area contributed by atoms with Crippen molar-refractivity contribution in [3.05, 3.63) is 0 Å². The summed E-state index contributed by atoms with van der Waals surface area (Å²) < 4.78 is 0. The molecule has 0 heterocycles. The summed E-state index contributed by atoms with van der Waals surface area (Å²) in [7, 11) is 0. The summed E-state index contributed by atoms with van der Waals surface area (Å²) >= 11 is 5.53. The molecule has 0 aromatic carbocycles. The molecule has 0 bridgehead atoms. The van der Waals surface area contributed by atoms with Crippen molar-refractivity contribution in [2.45, 2.75) is 20.3 Å². The molecule has 0 saturated carbocycles. The molecular formula is C7H16ClN. The van der Waals surface area contributed by atoms with Crippen molar-refractivity contribution in [2.24, 2.45) is 0 Å². The third-order valence-electron chi connectivity index (χ3n) is 1.50. The number of rotatable bonds is 5. The maximum absolute atomic E-state index is 5.53. The van der Waals surface area contributed by atoms with Crippen LogP contribution in [0.4, 0.5) is 0 Å². The average molecular weight is 150 g/mol. The maximum atomic E-state index is 5.53. The standard InChI is InChI=1S/C7H16ClN/c1-3-9(4-2)7-5-6-8/h3-7H2,1-2H3. The normalized spacial score (nSPS) is 10.7. The molecule has 0 N–H and O–H groups in total. The van der Waals surface area contributed by atoms with Crippen LogP contribution in [-0.2, 0) is 0 Å². The Morgan fingerprint density at radius 3 is 2.11 bits per heavy atom. The number of nitrogens with zero attached hydrogens (tertiary/aromatic N) is 1. The molecule has 0 aromatic rings. The Bertz CT molecular complexity index is 52.9. The highest BCUT2D eigenvalue weighted by atomic mass is 35.5. The summed E-state index contributed by atoms with van der Waals surface area (Å²) in [6.45, 7) is 7.80. The van der Waals surface area contributed by atoms with Crippen LogP contribution in [0.2, 0.25) is 0 Å². The van der Waals surface area contributed by atoms with Gasteiger partial charge in [-0.1, -0.05) is 13.8 Å². The predicted octanol–water partition coefficient (Wildman–Crippen LogP) is 1.96. The molecule has 0 radical (unpaired) electrons. The first-order chi connectivity index (χ1) is 4.35. The second kappa shape index (κ2) is 6.37. The second-order valence-corrected chi connectivity index (χ2v) is 2.45. The van der Waals surface area contributed by atoms with E-state index in [0.717, 1.165) is 31.9 Å². The number of alkyl halides is 1. The van der Waals surface area contributed by atoms with Gasteiger partial charge in [0.2, 0.25) is 0 Å². The highest BCUT2D eigenvalue weighted by molar-refractivity contribution is 6.17. The average Bonchev–Trinajstić information content (AvgIpc) is 1.91. The lowest BCUT2D eigenvalue weighted by Crippen LogP contribution is -2.24.